The summed E-state index contributed by atoms with van der Waals surface area (Å²) in [6.07, 6.45) is 0. The second kappa shape index (κ2) is 5.45. The number of carbonyl (C=O) groups excluding carboxylic acids is 1. The molecule has 23 heavy (non-hydrogen) atoms. The Balaban J connectivity index is 2.01. The molecule has 110 valence electrons. The van der Waals surface area contributed by atoms with E-state index in [-0.39, 0.29) is 0 Å². The van der Waals surface area contributed by atoms with Crippen molar-refractivity contribution >= 4 is 38.6 Å². The number of nitrogens with zero attached hydrogens (tertiary/aromatic N) is 2. The molecular weight excluding hydrogens is 308 g/mol. The van der Waals surface area contributed by atoms with Crippen LogP contribution in [0, 0.1) is 0 Å². The number of halogens is 1. The van der Waals surface area contributed by atoms with E-state index in [4.69, 9.17) is 11.6 Å². The lowest BCUT2D eigenvalue weighted by molar-refractivity contribution is 0.108. The molecule has 4 rings (SSSR count). The number of pyridine rings is 2. The zero-order valence-electron chi connectivity index (χ0n) is 12.0. The van der Waals surface area contributed by atoms with E-state index in [1.807, 2.05) is 60.7 Å². The van der Waals surface area contributed by atoms with E-state index in [1.165, 1.54) is 0 Å². The normalized spacial score (nSPS) is 11.0. The van der Waals surface area contributed by atoms with Gasteiger partial charge in [-0.1, -0.05) is 42.5 Å². The highest BCUT2D eigenvalue weighted by molar-refractivity contribution is 6.68. The van der Waals surface area contributed by atoms with Crippen molar-refractivity contribution in [3.8, 4) is 11.4 Å². The number of hydrogen-bond donors (Lipinski definition) is 0. The van der Waals surface area contributed by atoms with Crippen LogP contribution in [0.3, 0.4) is 0 Å². The summed E-state index contributed by atoms with van der Waals surface area (Å²) in [5, 5.41) is 1.38. The summed E-state index contributed by atoms with van der Waals surface area (Å²) in [4.78, 5) is 21.1. The fourth-order valence-electron chi connectivity index (χ4n) is 2.66. The van der Waals surface area contributed by atoms with Crippen molar-refractivity contribution in [2.45, 2.75) is 0 Å². The minimum atomic E-state index is -0.534. The molecule has 0 spiro atoms. The van der Waals surface area contributed by atoms with Crippen LogP contribution in [0.5, 0.6) is 0 Å². The lowest BCUT2D eigenvalue weighted by atomic mass is 10.1. The molecule has 2 heterocycles. The Hall–Kier alpha value is -2.78. The average Bonchev–Trinajstić information content (AvgIpc) is 2.60. The molecule has 0 fully saturated rings. The summed E-state index contributed by atoms with van der Waals surface area (Å²) >= 11 is 5.77. The third-order valence-corrected chi connectivity index (χ3v) is 3.98. The number of rotatable bonds is 2. The Morgan fingerprint density at radius 3 is 2.17 bits per heavy atom. The quantitative estimate of drug-likeness (QED) is 0.497. The number of fused-ring (bicyclic) bond motifs is 2. The Bertz CT molecular complexity index is 1060. The molecule has 0 aliphatic carbocycles. The molecule has 2 aromatic carbocycles. The van der Waals surface area contributed by atoms with Crippen molar-refractivity contribution in [2.75, 3.05) is 0 Å². The maximum Gasteiger partial charge on any atom is 0.254 e. The van der Waals surface area contributed by atoms with Gasteiger partial charge in [-0.25, -0.2) is 9.97 Å². The van der Waals surface area contributed by atoms with Gasteiger partial charge in [-0.2, -0.15) is 0 Å². The van der Waals surface area contributed by atoms with Crippen molar-refractivity contribution < 1.29 is 4.79 Å². The Labute approximate surface area is 137 Å². The first kappa shape index (κ1) is 13.9. The second-order valence-electron chi connectivity index (χ2n) is 5.24. The molecule has 4 aromatic rings. The lowest BCUT2D eigenvalue weighted by Crippen LogP contribution is -1.99. The van der Waals surface area contributed by atoms with E-state index in [2.05, 4.69) is 9.97 Å². The van der Waals surface area contributed by atoms with Gasteiger partial charge in [0.25, 0.3) is 5.24 Å². The van der Waals surface area contributed by atoms with Crippen LogP contribution < -0.4 is 0 Å². The van der Waals surface area contributed by atoms with Crippen molar-refractivity contribution in [3.05, 3.63) is 72.3 Å². The van der Waals surface area contributed by atoms with Gasteiger partial charge in [0.15, 0.2) is 0 Å². The standard InChI is InChI=1S/C19H11ClN2O/c20-19(23)14-11-13-6-2-4-8-16(13)22-18(14)17-10-9-12-5-1-3-7-15(12)21-17/h1-11H. The molecule has 0 unspecified atom stereocenters. The van der Waals surface area contributed by atoms with Gasteiger partial charge in [0.05, 0.1) is 22.3 Å². The van der Waals surface area contributed by atoms with Gasteiger partial charge in [-0.15, -0.1) is 0 Å². The average molecular weight is 319 g/mol. The van der Waals surface area contributed by atoms with Crippen LogP contribution in [0.15, 0.2) is 66.7 Å². The van der Waals surface area contributed by atoms with E-state index in [9.17, 15) is 4.79 Å². The maximum absolute atomic E-state index is 11.8. The zero-order valence-corrected chi connectivity index (χ0v) is 12.8. The summed E-state index contributed by atoms with van der Waals surface area (Å²) in [5.74, 6) is 0. The van der Waals surface area contributed by atoms with Gasteiger partial charge < -0.3 is 0 Å². The van der Waals surface area contributed by atoms with Crippen LogP contribution in [0.25, 0.3) is 33.2 Å². The lowest BCUT2D eigenvalue weighted by Gasteiger charge is -2.08. The first-order chi connectivity index (χ1) is 11.2. The fourth-order valence-corrected chi connectivity index (χ4v) is 2.80. The Morgan fingerprint density at radius 2 is 1.43 bits per heavy atom. The van der Waals surface area contributed by atoms with E-state index in [1.54, 1.807) is 6.07 Å². The SMILES string of the molecule is O=C(Cl)c1cc2ccccc2nc1-c1ccc2ccccc2n1. The monoisotopic (exact) mass is 318 g/mol. The molecule has 0 amide bonds. The minimum Gasteiger partial charge on any atom is -0.276 e. The highest BCUT2D eigenvalue weighted by Crippen LogP contribution is 2.27. The third kappa shape index (κ3) is 2.45. The molecule has 0 N–H and O–H groups in total. The summed E-state index contributed by atoms with van der Waals surface area (Å²) in [6.45, 7) is 0. The van der Waals surface area contributed by atoms with E-state index in [0.29, 0.717) is 17.0 Å². The van der Waals surface area contributed by atoms with E-state index in [0.717, 1.165) is 21.8 Å². The molecule has 4 heteroatoms. The van der Waals surface area contributed by atoms with Gasteiger partial charge in [0, 0.05) is 10.8 Å². The van der Waals surface area contributed by atoms with Crippen LogP contribution in [-0.4, -0.2) is 15.2 Å². The largest absolute Gasteiger partial charge is 0.276 e. The molecule has 0 saturated carbocycles. The number of benzene rings is 2. The molecule has 0 saturated heterocycles. The molecule has 3 nitrogen and oxygen atoms in total. The van der Waals surface area contributed by atoms with Crippen LogP contribution in [0.1, 0.15) is 10.4 Å². The molecule has 0 aliphatic heterocycles. The summed E-state index contributed by atoms with van der Waals surface area (Å²) in [5.41, 5.74) is 3.17. The topological polar surface area (TPSA) is 42.9 Å². The van der Waals surface area contributed by atoms with Crippen molar-refractivity contribution in [1.82, 2.24) is 9.97 Å². The van der Waals surface area contributed by atoms with E-state index < -0.39 is 5.24 Å². The van der Waals surface area contributed by atoms with Crippen LogP contribution in [0.2, 0.25) is 0 Å². The molecule has 0 radical (unpaired) electrons. The van der Waals surface area contributed by atoms with E-state index >= 15 is 0 Å². The summed E-state index contributed by atoms with van der Waals surface area (Å²) in [7, 11) is 0. The number of carbonyl (C=O) groups is 1. The number of aromatic nitrogens is 2. The summed E-state index contributed by atoms with van der Waals surface area (Å²) < 4.78 is 0. The number of hydrogen-bond acceptors (Lipinski definition) is 3. The van der Waals surface area contributed by atoms with Gasteiger partial charge in [0.1, 0.15) is 5.69 Å². The van der Waals surface area contributed by atoms with Crippen molar-refractivity contribution in [3.63, 3.8) is 0 Å². The van der Waals surface area contributed by atoms with Crippen molar-refractivity contribution in [1.29, 1.82) is 0 Å². The first-order valence-electron chi connectivity index (χ1n) is 7.18. The number of para-hydroxylation sites is 2. The first-order valence-corrected chi connectivity index (χ1v) is 7.56. The van der Waals surface area contributed by atoms with Crippen LogP contribution in [-0.2, 0) is 0 Å². The molecule has 2 aromatic heterocycles. The predicted molar refractivity (Wildman–Crippen MR) is 92.7 cm³/mol. The third-order valence-electron chi connectivity index (χ3n) is 3.78. The van der Waals surface area contributed by atoms with Crippen molar-refractivity contribution in [2.24, 2.45) is 0 Å². The molecule has 0 bridgehead atoms. The Morgan fingerprint density at radius 1 is 0.783 bits per heavy atom. The van der Waals surface area contributed by atoms with Crippen LogP contribution in [0.4, 0.5) is 0 Å². The van der Waals surface area contributed by atoms with Gasteiger partial charge in [0.2, 0.25) is 0 Å². The van der Waals surface area contributed by atoms with Gasteiger partial charge in [-0.05, 0) is 35.9 Å². The second-order valence-corrected chi connectivity index (χ2v) is 5.58. The summed E-state index contributed by atoms with van der Waals surface area (Å²) in [6, 6.07) is 21.0. The fraction of sp³-hybridized carbons (Fsp3) is 0. The van der Waals surface area contributed by atoms with Gasteiger partial charge >= 0.3 is 0 Å². The predicted octanol–water partition coefficient (Wildman–Crippen LogP) is 4.83. The minimum absolute atomic E-state index is 0.369. The smallest absolute Gasteiger partial charge is 0.254 e. The molecular formula is C19H11ClN2O. The van der Waals surface area contributed by atoms with Gasteiger partial charge in [-0.3, -0.25) is 4.79 Å². The molecule has 0 aliphatic rings. The Kier molecular flexibility index (Phi) is 3.28. The van der Waals surface area contributed by atoms with Crippen LogP contribution >= 0.6 is 11.6 Å². The zero-order chi connectivity index (χ0) is 15.8. The highest BCUT2D eigenvalue weighted by atomic mass is 35.5. The molecule has 0 atom stereocenters. The maximum atomic E-state index is 11.8. The highest BCUT2D eigenvalue weighted by Gasteiger charge is 2.15.